The first kappa shape index (κ1) is 10.9. The van der Waals surface area contributed by atoms with Gasteiger partial charge in [0.1, 0.15) is 5.82 Å². The van der Waals surface area contributed by atoms with E-state index in [9.17, 15) is 4.79 Å². The van der Waals surface area contributed by atoms with Crippen molar-refractivity contribution in [2.24, 2.45) is 5.92 Å². The SMILES string of the molecule is CC1CCC(Nc2cnc(C(=O)O)cn2)C1. The summed E-state index contributed by atoms with van der Waals surface area (Å²) < 4.78 is 0. The smallest absolute Gasteiger partial charge is 0.356 e. The molecule has 1 aromatic rings. The molecule has 0 bridgehead atoms. The summed E-state index contributed by atoms with van der Waals surface area (Å²) in [5.41, 5.74) is -0.0228. The van der Waals surface area contributed by atoms with E-state index in [4.69, 9.17) is 5.11 Å². The minimum Gasteiger partial charge on any atom is -0.476 e. The molecule has 1 aliphatic carbocycles. The van der Waals surface area contributed by atoms with Gasteiger partial charge in [-0.05, 0) is 25.2 Å². The number of carboxylic acid groups (broad SMARTS) is 1. The van der Waals surface area contributed by atoms with Crippen LogP contribution in [0.2, 0.25) is 0 Å². The summed E-state index contributed by atoms with van der Waals surface area (Å²) in [6, 6.07) is 0.444. The summed E-state index contributed by atoms with van der Waals surface area (Å²) in [6.45, 7) is 2.24. The lowest BCUT2D eigenvalue weighted by Gasteiger charge is -2.12. The third-order valence-corrected chi connectivity index (χ3v) is 2.92. The van der Waals surface area contributed by atoms with E-state index in [0.717, 1.165) is 18.8 Å². The molecule has 5 nitrogen and oxygen atoms in total. The van der Waals surface area contributed by atoms with Crippen molar-refractivity contribution in [3.05, 3.63) is 18.1 Å². The highest BCUT2D eigenvalue weighted by Crippen LogP contribution is 2.26. The lowest BCUT2D eigenvalue weighted by Crippen LogP contribution is -2.16. The zero-order valence-electron chi connectivity index (χ0n) is 9.18. The fourth-order valence-electron chi connectivity index (χ4n) is 2.06. The van der Waals surface area contributed by atoms with Crippen molar-refractivity contribution in [2.75, 3.05) is 5.32 Å². The molecule has 16 heavy (non-hydrogen) atoms. The molecule has 2 rings (SSSR count). The minimum atomic E-state index is -1.05. The van der Waals surface area contributed by atoms with E-state index >= 15 is 0 Å². The number of nitrogens with one attached hydrogen (secondary N) is 1. The number of anilines is 1. The van der Waals surface area contributed by atoms with Crippen LogP contribution < -0.4 is 5.32 Å². The van der Waals surface area contributed by atoms with Crippen LogP contribution in [-0.4, -0.2) is 27.1 Å². The summed E-state index contributed by atoms with van der Waals surface area (Å²) in [4.78, 5) is 18.4. The molecular weight excluding hydrogens is 206 g/mol. The average Bonchev–Trinajstić information content (AvgIpc) is 2.65. The predicted molar refractivity (Wildman–Crippen MR) is 59.4 cm³/mol. The van der Waals surface area contributed by atoms with Crippen LogP contribution in [0.4, 0.5) is 5.82 Å². The Morgan fingerprint density at radius 2 is 2.25 bits per heavy atom. The monoisotopic (exact) mass is 221 g/mol. The van der Waals surface area contributed by atoms with E-state index < -0.39 is 5.97 Å². The summed E-state index contributed by atoms with van der Waals surface area (Å²) in [5.74, 6) is 0.362. The van der Waals surface area contributed by atoms with Gasteiger partial charge in [-0.1, -0.05) is 6.92 Å². The maximum Gasteiger partial charge on any atom is 0.356 e. The highest BCUT2D eigenvalue weighted by Gasteiger charge is 2.21. The van der Waals surface area contributed by atoms with Gasteiger partial charge in [0, 0.05) is 6.04 Å². The van der Waals surface area contributed by atoms with Crippen LogP contribution in [0.1, 0.15) is 36.7 Å². The highest BCUT2D eigenvalue weighted by molar-refractivity contribution is 5.84. The lowest BCUT2D eigenvalue weighted by atomic mass is 10.1. The first-order valence-electron chi connectivity index (χ1n) is 5.47. The number of rotatable bonds is 3. The second-order valence-electron chi connectivity index (χ2n) is 4.35. The Labute approximate surface area is 93.9 Å². The number of aromatic carboxylic acids is 1. The summed E-state index contributed by atoms with van der Waals surface area (Å²) in [5, 5.41) is 11.9. The van der Waals surface area contributed by atoms with Gasteiger partial charge in [-0.2, -0.15) is 0 Å². The number of carbonyl (C=O) groups is 1. The van der Waals surface area contributed by atoms with Crippen LogP contribution in [0.3, 0.4) is 0 Å². The van der Waals surface area contributed by atoms with Gasteiger partial charge < -0.3 is 10.4 Å². The number of carboxylic acids is 1. The van der Waals surface area contributed by atoms with E-state index in [2.05, 4.69) is 22.2 Å². The van der Waals surface area contributed by atoms with Crippen LogP contribution >= 0.6 is 0 Å². The molecule has 0 spiro atoms. The predicted octanol–water partition coefficient (Wildman–Crippen LogP) is 1.78. The molecule has 0 aromatic carbocycles. The summed E-state index contributed by atoms with van der Waals surface area (Å²) in [7, 11) is 0. The van der Waals surface area contributed by atoms with Gasteiger partial charge in [0.25, 0.3) is 0 Å². The lowest BCUT2D eigenvalue weighted by molar-refractivity contribution is 0.0690. The Kier molecular flexibility index (Phi) is 3.03. The normalized spacial score (nSPS) is 24.3. The molecule has 2 atom stereocenters. The van der Waals surface area contributed by atoms with Gasteiger partial charge in [0.2, 0.25) is 0 Å². The molecule has 2 N–H and O–H groups in total. The maximum absolute atomic E-state index is 10.6. The van der Waals surface area contributed by atoms with Gasteiger partial charge >= 0.3 is 5.97 Å². The Morgan fingerprint density at radius 3 is 2.75 bits per heavy atom. The number of aromatic nitrogens is 2. The first-order valence-corrected chi connectivity index (χ1v) is 5.47. The molecule has 0 amide bonds. The van der Waals surface area contributed by atoms with Gasteiger partial charge in [-0.25, -0.2) is 14.8 Å². The average molecular weight is 221 g/mol. The summed E-state index contributed by atoms with van der Waals surface area (Å²) in [6.07, 6.45) is 6.28. The van der Waals surface area contributed by atoms with Crippen LogP contribution in [0, 0.1) is 5.92 Å². The fraction of sp³-hybridized carbons (Fsp3) is 0.545. The van der Waals surface area contributed by atoms with Crippen LogP contribution in [0.25, 0.3) is 0 Å². The molecule has 2 unspecified atom stereocenters. The van der Waals surface area contributed by atoms with Crippen LogP contribution in [0.5, 0.6) is 0 Å². The Bertz CT molecular complexity index is 377. The number of nitrogens with zero attached hydrogens (tertiary/aromatic N) is 2. The van der Waals surface area contributed by atoms with E-state index in [0.29, 0.717) is 11.9 Å². The molecular formula is C11H15N3O2. The molecule has 1 saturated carbocycles. The van der Waals surface area contributed by atoms with E-state index in [1.54, 1.807) is 0 Å². The Hall–Kier alpha value is -1.65. The second-order valence-corrected chi connectivity index (χ2v) is 4.35. The molecule has 1 fully saturated rings. The molecule has 1 aliphatic rings. The van der Waals surface area contributed by atoms with Gasteiger partial charge in [0.05, 0.1) is 12.4 Å². The van der Waals surface area contributed by atoms with Crippen molar-refractivity contribution in [1.29, 1.82) is 0 Å². The minimum absolute atomic E-state index is 0.0228. The summed E-state index contributed by atoms with van der Waals surface area (Å²) >= 11 is 0. The quantitative estimate of drug-likeness (QED) is 0.813. The molecule has 1 aromatic heterocycles. The maximum atomic E-state index is 10.6. The Balaban J connectivity index is 1.97. The van der Waals surface area contributed by atoms with Crippen LogP contribution in [0.15, 0.2) is 12.4 Å². The molecule has 0 radical (unpaired) electrons. The van der Waals surface area contributed by atoms with Gasteiger partial charge in [-0.3, -0.25) is 0 Å². The van der Waals surface area contributed by atoms with Crippen molar-refractivity contribution in [3.8, 4) is 0 Å². The van der Waals surface area contributed by atoms with Crippen molar-refractivity contribution >= 4 is 11.8 Å². The van der Waals surface area contributed by atoms with E-state index in [1.807, 2.05) is 0 Å². The van der Waals surface area contributed by atoms with E-state index in [-0.39, 0.29) is 5.69 Å². The first-order chi connectivity index (χ1) is 7.65. The number of hydrogen-bond donors (Lipinski definition) is 2. The Morgan fingerprint density at radius 1 is 1.44 bits per heavy atom. The number of hydrogen-bond acceptors (Lipinski definition) is 4. The second kappa shape index (κ2) is 4.47. The molecule has 5 heteroatoms. The molecule has 1 heterocycles. The third kappa shape index (κ3) is 2.48. The molecule has 0 aliphatic heterocycles. The van der Waals surface area contributed by atoms with Gasteiger partial charge in [0.15, 0.2) is 5.69 Å². The largest absolute Gasteiger partial charge is 0.476 e. The molecule has 86 valence electrons. The molecule has 0 saturated heterocycles. The van der Waals surface area contributed by atoms with Crippen molar-refractivity contribution in [2.45, 2.75) is 32.2 Å². The van der Waals surface area contributed by atoms with Gasteiger partial charge in [-0.15, -0.1) is 0 Å². The topological polar surface area (TPSA) is 75.1 Å². The standard InChI is InChI=1S/C11H15N3O2/c1-7-2-3-8(4-7)14-10-6-12-9(5-13-10)11(15)16/h5-8H,2-4H2,1H3,(H,13,14)(H,15,16). The highest BCUT2D eigenvalue weighted by atomic mass is 16.4. The van der Waals surface area contributed by atoms with Crippen molar-refractivity contribution in [1.82, 2.24) is 9.97 Å². The zero-order valence-corrected chi connectivity index (χ0v) is 9.18. The van der Waals surface area contributed by atoms with Crippen molar-refractivity contribution in [3.63, 3.8) is 0 Å². The zero-order chi connectivity index (χ0) is 11.5. The fourth-order valence-corrected chi connectivity index (χ4v) is 2.06. The van der Waals surface area contributed by atoms with E-state index in [1.165, 1.54) is 18.8 Å². The van der Waals surface area contributed by atoms with Crippen LogP contribution in [-0.2, 0) is 0 Å². The third-order valence-electron chi connectivity index (χ3n) is 2.92. The van der Waals surface area contributed by atoms with Crippen molar-refractivity contribution < 1.29 is 9.90 Å².